The van der Waals surface area contributed by atoms with E-state index in [1.54, 1.807) is 0 Å². The highest BCUT2D eigenvalue weighted by atomic mass is 32.1. The lowest BCUT2D eigenvalue weighted by Crippen LogP contribution is -2.27. The Labute approximate surface area is 133 Å². The van der Waals surface area contributed by atoms with Gasteiger partial charge < -0.3 is 4.98 Å². The van der Waals surface area contributed by atoms with Crippen LogP contribution in [0.15, 0.2) is 46.0 Å². The smallest absolute Gasteiger partial charge is 0.303 e. The van der Waals surface area contributed by atoms with Crippen molar-refractivity contribution in [2.75, 3.05) is 5.32 Å². The number of aromatic amines is 2. The lowest BCUT2D eigenvalue weighted by molar-refractivity contribution is 0.102. The van der Waals surface area contributed by atoms with Crippen molar-refractivity contribution in [3.8, 4) is 0 Å². The monoisotopic (exact) mass is 329 g/mol. The van der Waals surface area contributed by atoms with Gasteiger partial charge in [-0.05, 0) is 5.56 Å². The number of nitrogens with zero attached hydrogens (tertiary/aromatic N) is 2. The van der Waals surface area contributed by atoms with Gasteiger partial charge in [0, 0.05) is 12.5 Å². The van der Waals surface area contributed by atoms with Gasteiger partial charge in [-0.1, -0.05) is 41.7 Å². The minimum absolute atomic E-state index is 0.140. The number of hydrogen-bond acceptors (Lipinski definition) is 6. The van der Waals surface area contributed by atoms with Crippen molar-refractivity contribution in [2.45, 2.75) is 6.42 Å². The predicted octanol–water partition coefficient (Wildman–Crippen LogP) is 0.758. The molecule has 0 aliphatic rings. The first kappa shape index (κ1) is 14.9. The van der Waals surface area contributed by atoms with E-state index < -0.39 is 17.2 Å². The summed E-state index contributed by atoms with van der Waals surface area (Å²) in [7, 11) is 0. The fraction of sp³-hybridized carbons (Fsp3) is 0.0714. The summed E-state index contributed by atoms with van der Waals surface area (Å²) in [6, 6.07) is 10.7. The molecule has 0 spiro atoms. The molecule has 2 heterocycles. The van der Waals surface area contributed by atoms with E-state index in [1.807, 2.05) is 35.3 Å². The maximum Gasteiger partial charge on any atom is 0.326 e. The van der Waals surface area contributed by atoms with E-state index in [4.69, 9.17) is 0 Å². The zero-order valence-corrected chi connectivity index (χ0v) is 12.5. The standard InChI is InChI=1S/C14H11N5O3S/c20-10-7-9(15-13(22)16-10)12(21)17-14-19-18-11(23-14)6-8-4-2-1-3-5-8/h1-5,7H,6H2,(H,17,19,21)(H2,15,16,20,22). The summed E-state index contributed by atoms with van der Waals surface area (Å²) in [5, 5.41) is 11.4. The van der Waals surface area contributed by atoms with Crippen LogP contribution in [0.25, 0.3) is 0 Å². The molecule has 1 aromatic carbocycles. The number of amides is 1. The molecule has 1 amide bonds. The van der Waals surface area contributed by atoms with Gasteiger partial charge in [0.05, 0.1) is 0 Å². The van der Waals surface area contributed by atoms with Gasteiger partial charge in [0.15, 0.2) is 0 Å². The van der Waals surface area contributed by atoms with Gasteiger partial charge in [-0.25, -0.2) is 4.79 Å². The van der Waals surface area contributed by atoms with Gasteiger partial charge in [-0.15, -0.1) is 10.2 Å². The summed E-state index contributed by atoms with van der Waals surface area (Å²) < 4.78 is 0. The van der Waals surface area contributed by atoms with E-state index in [1.165, 1.54) is 11.3 Å². The van der Waals surface area contributed by atoms with Crippen LogP contribution in [-0.4, -0.2) is 26.1 Å². The number of carbonyl (C=O) groups excluding carboxylic acids is 1. The number of H-pyrrole nitrogens is 2. The molecule has 0 fully saturated rings. The van der Waals surface area contributed by atoms with Crippen LogP contribution < -0.4 is 16.6 Å². The molecule has 3 aromatic rings. The van der Waals surface area contributed by atoms with E-state index in [-0.39, 0.29) is 5.69 Å². The lowest BCUT2D eigenvalue weighted by Gasteiger charge is -1.99. The van der Waals surface area contributed by atoms with E-state index in [2.05, 4.69) is 20.5 Å². The maximum atomic E-state index is 12.0. The average molecular weight is 329 g/mol. The van der Waals surface area contributed by atoms with Crippen molar-refractivity contribution in [3.63, 3.8) is 0 Å². The summed E-state index contributed by atoms with van der Waals surface area (Å²) in [5.74, 6) is -0.629. The molecular weight excluding hydrogens is 318 g/mol. The van der Waals surface area contributed by atoms with Crippen LogP contribution in [0.1, 0.15) is 21.1 Å². The van der Waals surface area contributed by atoms with Gasteiger partial charge in [-0.2, -0.15) is 0 Å². The van der Waals surface area contributed by atoms with Gasteiger partial charge in [0.1, 0.15) is 10.7 Å². The van der Waals surface area contributed by atoms with Gasteiger partial charge >= 0.3 is 5.69 Å². The molecule has 0 aliphatic carbocycles. The lowest BCUT2D eigenvalue weighted by atomic mass is 10.2. The highest BCUT2D eigenvalue weighted by molar-refractivity contribution is 7.15. The first-order chi connectivity index (χ1) is 11.1. The molecule has 3 rings (SSSR count). The van der Waals surface area contributed by atoms with Crippen molar-refractivity contribution < 1.29 is 4.79 Å². The molecule has 0 bridgehead atoms. The number of rotatable bonds is 4. The third-order valence-corrected chi connectivity index (χ3v) is 3.73. The number of anilines is 1. The molecule has 0 saturated heterocycles. The maximum absolute atomic E-state index is 12.0. The Morgan fingerprint density at radius 1 is 1.13 bits per heavy atom. The Kier molecular flexibility index (Phi) is 4.11. The SMILES string of the molecule is O=C(Nc1nnc(Cc2ccccc2)s1)c1cc(=O)[nH]c(=O)[nH]1. The first-order valence-corrected chi connectivity index (χ1v) is 7.43. The van der Waals surface area contributed by atoms with Crippen LogP contribution in [0.4, 0.5) is 5.13 Å². The molecule has 0 saturated carbocycles. The van der Waals surface area contributed by atoms with Crippen LogP contribution in [0.3, 0.4) is 0 Å². The summed E-state index contributed by atoms with van der Waals surface area (Å²) in [6.07, 6.45) is 0.607. The number of benzene rings is 1. The normalized spacial score (nSPS) is 10.4. The number of nitrogens with one attached hydrogen (secondary N) is 3. The van der Waals surface area contributed by atoms with Crippen LogP contribution in [0, 0.1) is 0 Å². The van der Waals surface area contributed by atoms with Crippen molar-refractivity contribution in [2.24, 2.45) is 0 Å². The Bertz CT molecular complexity index is 916. The van der Waals surface area contributed by atoms with Crippen molar-refractivity contribution in [3.05, 3.63) is 73.5 Å². The second-order valence-electron chi connectivity index (χ2n) is 4.62. The molecule has 9 heteroatoms. The van der Waals surface area contributed by atoms with E-state index >= 15 is 0 Å². The summed E-state index contributed by atoms with van der Waals surface area (Å²) in [6.45, 7) is 0. The van der Waals surface area contributed by atoms with Crippen molar-refractivity contribution in [1.29, 1.82) is 0 Å². The Morgan fingerprint density at radius 2 is 1.91 bits per heavy atom. The fourth-order valence-electron chi connectivity index (χ4n) is 1.90. The zero-order chi connectivity index (χ0) is 16.2. The molecule has 8 nitrogen and oxygen atoms in total. The highest BCUT2D eigenvalue weighted by Crippen LogP contribution is 2.18. The molecule has 0 aliphatic heterocycles. The third-order valence-electron chi connectivity index (χ3n) is 2.89. The van der Waals surface area contributed by atoms with Gasteiger partial charge in [0.2, 0.25) is 5.13 Å². The minimum atomic E-state index is -0.746. The van der Waals surface area contributed by atoms with Crippen LogP contribution >= 0.6 is 11.3 Å². The second-order valence-corrected chi connectivity index (χ2v) is 5.68. The number of hydrogen-bond donors (Lipinski definition) is 3. The Hall–Kier alpha value is -3.07. The van der Waals surface area contributed by atoms with Crippen molar-refractivity contribution >= 4 is 22.4 Å². The quantitative estimate of drug-likeness (QED) is 0.652. The third kappa shape index (κ3) is 3.77. The molecule has 2 aromatic heterocycles. The topological polar surface area (TPSA) is 121 Å². The summed E-state index contributed by atoms with van der Waals surface area (Å²) in [5.41, 5.74) is -0.454. The van der Waals surface area contributed by atoms with Crippen LogP contribution in [-0.2, 0) is 6.42 Å². The van der Waals surface area contributed by atoms with Crippen LogP contribution in [0.2, 0.25) is 0 Å². The predicted molar refractivity (Wildman–Crippen MR) is 84.8 cm³/mol. The molecule has 0 unspecified atom stereocenters. The second kappa shape index (κ2) is 6.36. The van der Waals surface area contributed by atoms with Crippen molar-refractivity contribution in [1.82, 2.24) is 20.2 Å². The first-order valence-electron chi connectivity index (χ1n) is 6.61. The molecule has 3 N–H and O–H groups in total. The van der Waals surface area contributed by atoms with E-state index in [0.29, 0.717) is 11.6 Å². The highest BCUT2D eigenvalue weighted by Gasteiger charge is 2.12. The number of carbonyl (C=O) groups is 1. The molecule has 23 heavy (non-hydrogen) atoms. The van der Waals surface area contributed by atoms with Gasteiger partial charge in [-0.3, -0.25) is 19.9 Å². The largest absolute Gasteiger partial charge is 0.326 e. The van der Waals surface area contributed by atoms with E-state index in [9.17, 15) is 14.4 Å². The Morgan fingerprint density at radius 3 is 2.65 bits per heavy atom. The Balaban J connectivity index is 1.72. The van der Waals surface area contributed by atoms with Crippen LogP contribution in [0.5, 0.6) is 0 Å². The summed E-state index contributed by atoms with van der Waals surface area (Å²) >= 11 is 1.23. The zero-order valence-electron chi connectivity index (χ0n) is 11.7. The molecule has 0 radical (unpaired) electrons. The molecule has 0 atom stereocenters. The molecular formula is C14H11N5O3S. The fourth-order valence-corrected chi connectivity index (χ4v) is 2.67. The van der Waals surface area contributed by atoms with Gasteiger partial charge in [0.25, 0.3) is 11.5 Å². The number of aromatic nitrogens is 4. The van der Waals surface area contributed by atoms with E-state index in [0.717, 1.165) is 16.6 Å². The summed E-state index contributed by atoms with van der Waals surface area (Å²) in [4.78, 5) is 38.6. The average Bonchev–Trinajstić information content (AvgIpc) is 2.94. The minimum Gasteiger partial charge on any atom is -0.303 e. The molecule has 116 valence electrons.